The van der Waals surface area contributed by atoms with E-state index >= 15 is 0 Å². The number of rotatable bonds is 3. The summed E-state index contributed by atoms with van der Waals surface area (Å²) in [5, 5.41) is 0. The van der Waals surface area contributed by atoms with Gasteiger partial charge in [0.1, 0.15) is 0 Å². The molecule has 0 saturated carbocycles. The fraction of sp³-hybridized carbons (Fsp3) is 0.667. The predicted octanol–water partition coefficient (Wildman–Crippen LogP) is 1.60. The van der Waals surface area contributed by atoms with Gasteiger partial charge in [-0.3, -0.25) is 4.79 Å². The molecule has 0 N–H and O–H groups in total. The van der Waals surface area contributed by atoms with E-state index in [1.807, 2.05) is 6.92 Å². The van der Waals surface area contributed by atoms with Crippen LogP contribution >= 0.6 is 0 Å². The third kappa shape index (κ3) is 4.44. The maximum absolute atomic E-state index is 10.8. The van der Waals surface area contributed by atoms with Gasteiger partial charge in [0.25, 0.3) is 0 Å². The van der Waals surface area contributed by atoms with E-state index in [9.17, 15) is 4.79 Å². The average molecular weight is 154 g/mol. The molecule has 0 rings (SSSR count). The topological polar surface area (TPSA) is 26.3 Å². The monoisotopic (exact) mass is 154 g/mol. The molecule has 2 nitrogen and oxygen atoms in total. The maximum atomic E-state index is 10.8. The second kappa shape index (κ2) is 5.79. The minimum Gasteiger partial charge on any atom is -0.469 e. The lowest BCUT2D eigenvalue weighted by Crippen LogP contribution is -2.11. The zero-order valence-corrected chi connectivity index (χ0v) is 7.31. The fourth-order valence-electron chi connectivity index (χ4n) is 0.733. The zero-order chi connectivity index (χ0) is 8.69. The number of esters is 1. The smallest absolute Gasteiger partial charge is 0.308 e. The quantitative estimate of drug-likeness (QED) is 0.456. The van der Waals surface area contributed by atoms with Crippen molar-refractivity contribution in [1.29, 1.82) is 0 Å². The normalized spacial score (nSPS) is 11.2. The molecule has 0 spiro atoms. The summed E-state index contributed by atoms with van der Waals surface area (Å²) in [6.45, 7) is 3.64. The third-order valence-corrected chi connectivity index (χ3v) is 1.48. The zero-order valence-electron chi connectivity index (χ0n) is 7.31. The number of hydrogen-bond acceptors (Lipinski definition) is 2. The van der Waals surface area contributed by atoms with Gasteiger partial charge in [-0.1, -0.05) is 6.92 Å². The Bertz CT molecular complexity index is 174. The Morgan fingerprint density at radius 1 is 1.64 bits per heavy atom. The lowest BCUT2D eigenvalue weighted by Gasteiger charge is -2.05. The largest absolute Gasteiger partial charge is 0.469 e. The van der Waals surface area contributed by atoms with Crippen molar-refractivity contribution in [2.24, 2.45) is 5.92 Å². The Balaban J connectivity index is 3.57. The van der Waals surface area contributed by atoms with Crippen molar-refractivity contribution in [3.8, 4) is 11.8 Å². The minimum absolute atomic E-state index is 0.0270. The molecular formula is C9H14O2. The first-order chi connectivity index (χ1) is 5.22. The van der Waals surface area contributed by atoms with Crippen LogP contribution in [0.4, 0.5) is 0 Å². The Kier molecular flexibility index (Phi) is 5.28. The summed E-state index contributed by atoms with van der Waals surface area (Å²) in [5.41, 5.74) is 0. The van der Waals surface area contributed by atoms with Crippen molar-refractivity contribution < 1.29 is 9.53 Å². The van der Waals surface area contributed by atoms with E-state index in [4.69, 9.17) is 0 Å². The first kappa shape index (κ1) is 10.0. The van der Waals surface area contributed by atoms with E-state index in [2.05, 4.69) is 16.6 Å². The van der Waals surface area contributed by atoms with Gasteiger partial charge in [0.05, 0.1) is 13.0 Å². The standard InChI is InChI=1S/C9H14O2/c1-4-5-6-7-8(2)9(10)11-3/h8H,6-7H2,1-3H3. The molecule has 0 heterocycles. The van der Waals surface area contributed by atoms with E-state index in [1.54, 1.807) is 6.92 Å². The van der Waals surface area contributed by atoms with Gasteiger partial charge in [-0.2, -0.15) is 0 Å². The lowest BCUT2D eigenvalue weighted by atomic mass is 10.1. The first-order valence-electron chi connectivity index (χ1n) is 3.69. The number of carbonyl (C=O) groups excluding carboxylic acids is 1. The molecule has 0 saturated heterocycles. The van der Waals surface area contributed by atoms with Crippen LogP contribution in [0.5, 0.6) is 0 Å². The maximum Gasteiger partial charge on any atom is 0.308 e. The van der Waals surface area contributed by atoms with Crippen molar-refractivity contribution in [1.82, 2.24) is 0 Å². The Hall–Kier alpha value is -0.970. The fourth-order valence-corrected chi connectivity index (χ4v) is 0.733. The highest BCUT2D eigenvalue weighted by Crippen LogP contribution is 2.05. The molecule has 0 aromatic rings. The van der Waals surface area contributed by atoms with Gasteiger partial charge in [-0.05, 0) is 13.3 Å². The second-order valence-electron chi connectivity index (χ2n) is 2.39. The Morgan fingerprint density at radius 2 is 2.27 bits per heavy atom. The number of methoxy groups -OCH3 is 1. The van der Waals surface area contributed by atoms with Crippen molar-refractivity contribution in [2.75, 3.05) is 7.11 Å². The van der Waals surface area contributed by atoms with Crippen LogP contribution in [-0.4, -0.2) is 13.1 Å². The summed E-state index contributed by atoms with van der Waals surface area (Å²) in [5.74, 6) is 5.50. The molecule has 1 unspecified atom stereocenters. The highest BCUT2D eigenvalue weighted by atomic mass is 16.5. The van der Waals surface area contributed by atoms with Crippen LogP contribution in [0, 0.1) is 17.8 Å². The molecule has 11 heavy (non-hydrogen) atoms. The SMILES string of the molecule is CC#CCCC(C)C(=O)OC. The van der Waals surface area contributed by atoms with Gasteiger partial charge in [0.2, 0.25) is 0 Å². The lowest BCUT2D eigenvalue weighted by molar-refractivity contribution is -0.144. The summed E-state index contributed by atoms with van der Waals surface area (Å²) in [6.07, 6.45) is 1.56. The molecule has 0 aliphatic rings. The summed E-state index contributed by atoms with van der Waals surface area (Å²) in [4.78, 5) is 10.8. The van der Waals surface area contributed by atoms with Crippen LogP contribution in [0.25, 0.3) is 0 Å². The van der Waals surface area contributed by atoms with E-state index < -0.39 is 0 Å². The van der Waals surface area contributed by atoms with Crippen LogP contribution in [0.15, 0.2) is 0 Å². The van der Waals surface area contributed by atoms with Gasteiger partial charge in [-0.15, -0.1) is 11.8 Å². The summed E-state index contributed by atoms with van der Waals surface area (Å²) in [7, 11) is 1.41. The van der Waals surface area contributed by atoms with Crippen molar-refractivity contribution in [3.63, 3.8) is 0 Å². The second-order valence-corrected chi connectivity index (χ2v) is 2.39. The highest BCUT2D eigenvalue weighted by Gasteiger charge is 2.10. The number of ether oxygens (including phenoxy) is 1. The van der Waals surface area contributed by atoms with E-state index in [1.165, 1.54) is 7.11 Å². The molecule has 62 valence electrons. The summed E-state index contributed by atoms with van der Waals surface area (Å²) >= 11 is 0. The highest BCUT2D eigenvalue weighted by molar-refractivity contribution is 5.71. The summed E-state index contributed by atoms with van der Waals surface area (Å²) < 4.78 is 4.56. The molecule has 0 fully saturated rings. The van der Waals surface area contributed by atoms with Crippen molar-refractivity contribution >= 4 is 5.97 Å². The predicted molar refractivity (Wildman–Crippen MR) is 43.9 cm³/mol. The Morgan fingerprint density at radius 3 is 2.73 bits per heavy atom. The van der Waals surface area contributed by atoms with Gasteiger partial charge in [-0.25, -0.2) is 0 Å². The average Bonchev–Trinajstić information content (AvgIpc) is 2.03. The van der Waals surface area contributed by atoms with Crippen LogP contribution < -0.4 is 0 Å². The van der Waals surface area contributed by atoms with Crippen LogP contribution in [0.2, 0.25) is 0 Å². The number of hydrogen-bond donors (Lipinski definition) is 0. The molecule has 0 radical (unpaired) electrons. The van der Waals surface area contributed by atoms with Gasteiger partial charge >= 0.3 is 5.97 Å². The van der Waals surface area contributed by atoms with Gasteiger partial charge in [0, 0.05) is 6.42 Å². The van der Waals surface area contributed by atoms with Crippen molar-refractivity contribution in [3.05, 3.63) is 0 Å². The molecule has 0 aliphatic carbocycles. The van der Waals surface area contributed by atoms with E-state index in [0.717, 1.165) is 12.8 Å². The Labute approximate surface area is 67.9 Å². The first-order valence-corrected chi connectivity index (χ1v) is 3.69. The van der Waals surface area contributed by atoms with E-state index in [0.29, 0.717) is 0 Å². The number of carbonyl (C=O) groups is 1. The molecule has 0 amide bonds. The van der Waals surface area contributed by atoms with Crippen LogP contribution in [0.1, 0.15) is 26.7 Å². The van der Waals surface area contributed by atoms with Crippen LogP contribution in [-0.2, 0) is 9.53 Å². The summed E-state index contributed by atoms with van der Waals surface area (Å²) in [6, 6.07) is 0. The van der Waals surface area contributed by atoms with Gasteiger partial charge < -0.3 is 4.74 Å². The third-order valence-electron chi connectivity index (χ3n) is 1.48. The van der Waals surface area contributed by atoms with Crippen LogP contribution in [0.3, 0.4) is 0 Å². The molecule has 0 bridgehead atoms. The molecule has 2 heteroatoms. The molecule has 1 atom stereocenters. The van der Waals surface area contributed by atoms with Crippen molar-refractivity contribution in [2.45, 2.75) is 26.7 Å². The molecular weight excluding hydrogens is 140 g/mol. The molecule has 0 aliphatic heterocycles. The minimum atomic E-state index is -0.150. The van der Waals surface area contributed by atoms with Gasteiger partial charge in [0.15, 0.2) is 0 Å². The molecule has 0 aromatic carbocycles. The van der Waals surface area contributed by atoms with E-state index in [-0.39, 0.29) is 11.9 Å². The molecule has 0 aromatic heterocycles.